The first kappa shape index (κ1) is 14.4. The molecule has 1 saturated heterocycles. The van der Waals surface area contributed by atoms with Gasteiger partial charge >= 0.3 is 0 Å². The molecule has 5 nitrogen and oxygen atoms in total. The highest BCUT2D eigenvalue weighted by Crippen LogP contribution is 2.07. The molecule has 0 bridgehead atoms. The minimum absolute atomic E-state index is 0.0669. The van der Waals surface area contributed by atoms with E-state index >= 15 is 0 Å². The highest BCUT2D eigenvalue weighted by atomic mass is 16.5. The number of nitrogens with zero attached hydrogens (tertiary/aromatic N) is 1. The van der Waals surface area contributed by atoms with E-state index in [2.05, 4.69) is 5.32 Å². The van der Waals surface area contributed by atoms with Gasteiger partial charge < -0.3 is 19.7 Å². The van der Waals surface area contributed by atoms with Crippen LogP contribution in [0.3, 0.4) is 0 Å². The summed E-state index contributed by atoms with van der Waals surface area (Å²) in [6.07, 6.45) is 2.37. The summed E-state index contributed by atoms with van der Waals surface area (Å²) in [5.74, 6) is 0.0669. The van der Waals surface area contributed by atoms with E-state index in [1.165, 1.54) is 6.42 Å². The van der Waals surface area contributed by atoms with E-state index in [1.807, 2.05) is 11.8 Å². The van der Waals surface area contributed by atoms with Gasteiger partial charge in [-0.2, -0.15) is 0 Å². The first-order chi connectivity index (χ1) is 8.27. The molecule has 1 N–H and O–H groups in total. The Hall–Kier alpha value is -0.650. The van der Waals surface area contributed by atoms with Crippen LogP contribution in [0.4, 0.5) is 0 Å². The van der Waals surface area contributed by atoms with E-state index < -0.39 is 0 Å². The van der Waals surface area contributed by atoms with Crippen LogP contribution in [0.25, 0.3) is 0 Å². The second-order valence-corrected chi connectivity index (χ2v) is 4.27. The highest BCUT2D eigenvalue weighted by Gasteiger charge is 2.20. The second kappa shape index (κ2) is 8.44. The third-order valence-electron chi connectivity index (χ3n) is 2.99. The minimum Gasteiger partial charge on any atom is -0.382 e. The minimum atomic E-state index is 0.0669. The van der Waals surface area contributed by atoms with Gasteiger partial charge in [-0.25, -0.2) is 0 Å². The van der Waals surface area contributed by atoms with E-state index in [-0.39, 0.29) is 12.5 Å². The number of carbonyl (C=O) groups is 1. The number of ether oxygens (including phenoxy) is 2. The predicted octanol–water partition coefficient (Wildman–Crippen LogP) is 0.250. The molecular formula is C12H24N2O3. The molecule has 0 aliphatic carbocycles. The van der Waals surface area contributed by atoms with Crippen molar-refractivity contribution in [3.05, 3.63) is 0 Å². The maximum Gasteiger partial charge on any atom is 0.248 e. The van der Waals surface area contributed by atoms with E-state index in [0.29, 0.717) is 19.3 Å². The third-order valence-corrected chi connectivity index (χ3v) is 2.99. The van der Waals surface area contributed by atoms with Gasteiger partial charge in [-0.05, 0) is 26.3 Å². The Morgan fingerprint density at radius 3 is 2.88 bits per heavy atom. The first-order valence-electron chi connectivity index (χ1n) is 6.35. The molecule has 0 aromatic rings. The molecule has 1 heterocycles. The maximum absolute atomic E-state index is 11.9. The largest absolute Gasteiger partial charge is 0.382 e. The fourth-order valence-electron chi connectivity index (χ4n) is 1.98. The molecule has 1 aliphatic heterocycles. The van der Waals surface area contributed by atoms with Gasteiger partial charge in [0.2, 0.25) is 5.91 Å². The molecule has 0 radical (unpaired) electrons. The Morgan fingerprint density at radius 2 is 2.29 bits per heavy atom. The van der Waals surface area contributed by atoms with Gasteiger partial charge in [0.25, 0.3) is 0 Å². The van der Waals surface area contributed by atoms with Gasteiger partial charge in [-0.15, -0.1) is 0 Å². The Bertz CT molecular complexity index is 218. The van der Waals surface area contributed by atoms with Crippen molar-refractivity contribution in [3.8, 4) is 0 Å². The number of hydrogen-bond donors (Lipinski definition) is 1. The number of nitrogens with one attached hydrogen (secondary N) is 1. The average Bonchev–Trinajstić information content (AvgIpc) is 2.84. The van der Waals surface area contributed by atoms with Crippen molar-refractivity contribution in [1.82, 2.24) is 10.2 Å². The zero-order valence-corrected chi connectivity index (χ0v) is 10.9. The molecule has 5 heteroatoms. The lowest BCUT2D eigenvalue weighted by Crippen LogP contribution is -2.42. The number of methoxy groups -OCH3 is 1. The normalized spacial score (nSPS) is 19.5. The Morgan fingerprint density at radius 1 is 1.47 bits per heavy atom. The first-order valence-corrected chi connectivity index (χ1v) is 6.35. The van der Waals surface area contributed by atoms with Crippen molar-refractivity contribution in [2.75, 3.05) is 46.6 Å². The van der Waals surface area contributed by atoms with Crippen molar-refractivity contribution in [2.45, 2.75) is 25.8 Å². The summed E-state index contributed by atoms with van der Waals surface area (Å²) < 4.78 is 10.1. The summed E-state index contributed by atoms with van der Waals surface area (Å²) in [6, 6.07) is 0.456. The van der Waals surface area contributed by atoms with Gasteiger partial charge in [0, 0.05) is 26.2 Å². The predicted molar refractivity (Wildman–Crippen MR) is 66.0 cm³/mol. The number of rotatable bonds is 8. The molecule has 1 aliphatic rings. The molecule has 0 aromatic heterocycles. The molecule has 100 valence electrons. The van der Waals surface area contributed by atoms with E-state index in [4.69, 9.17) is 9.47 Å². The van der Waals surface area contributed by atoms with Crippen molar-refractivity contribution in [1.29, 1.82) is 0 Å². The van der Waals surface area contributed by atoms with Crippen molar-refractivity contribution < 1.29 is 14.3 Å². The van der Waals surface area contributed by atoms with Crippen molar-refractivity contribution in [2.24, 2.45) is 0 Å². The Labute approximate surface area is 103 Å². The second-order valence-electron chi connectivity index (χ2n) is 4.27. The quantitative estimate of drug-likeness (QED) is 0.622. The summed E-state index contributed by atoms with van der Waals surface area (Å²) >= 11 is 0. The third kappa shape index (κ3) is 5.48. The van der Waals surface area contributed by atoms with Crippen LogP contribution in [0.5, 0.6) is 0 Å². The van der Waals surface area contributed by atoms with Crippen LogP contribution in [0.15, 0.2) is 0 Å². The van der Waals surface area contributed by atoms with Gasteiger partial charge in [-0.3, -0.25) is 4.79 Å². The maximum atomic E-state index is 11.9. The molecule has 0 spiro atoms. The van der Waals surface area contributed by atoms with Crippen LogP contribution < -0.4 is 5.32 Å². The lowest BCUT2D eigenvalue weighted by Gasteiger charge is -2.24. The lowest BCUT2D eigenvalue weighted by atomic mass is 10.2. The van der Waals surface area contributed by atoms with E-state index in [1.54, 1.807) is 7.11 Å². The molecule has 1 rings (SSSR count). The highest BCUT2D eigenvalue weighted by molar-refractivity contribution is 5.77. The van der Waals surface area contributed by atoms with E-state index in [0.717, 1.165) is 26.1 Å². The fraction of sp³-hybridized carbons (Fsp3) is 0.917. The van der Waals surface area contributed by atoms with Crippen LogP contribution in [0.1, 0.15) is 19.8 Å². The molecule has 1 atom stereocenters. The molecule has 17 heavy (non-hydrogen) atoms. The average molecular weight is 244 g/mol. The Kier molecular flexibility index (Phi) is 7.16. The monoisotopic (exact) mass is 244 g/mol. The summed E-state index contributed by atoms with van der Waals surface area (Å²) in [5.41, 5.74) is 0. The molecular weight excluding hydrogens is 220 g/mol. The van der Waals surface area contributed by atoms with Crippen LogP contribution in [-0.2, 0) is 14.3 Å². The number of carbonyl (C=O) groups excluding carboxylic acids is 1. The topological polar surface area (TPSA) is 50.8 Å². The van der Waals surface area contributed by atoms with Crippen molar-refractivity contribution in [3.63, 3.8) is 0 Å². The van der Waals surface area contributed by atoms with Gasteiger partial charge in [0.15, 0.2) is 0 Å². The molecule has 1 amide bonds. The van der Waals surface area contributed by atoms with Crippen LogP contribution in [0.2, 0.25) is 0 Å². The summed E-state index contributed by atoms with van der Waals surface area (Å²) in [5, 5.41) is 3.40. The van der Waals surface area contributed by atoms with Gasteiger partial charge in [0.1, 0.15) is 6.61 Å². The zero-order chi connectivity index (χ0) is 12.5. The van der Waals surface area contributed by atoms with Gasteiger partial charge in [-0.1, -0.05) is 0 Å². The van der Waals surface area contributed by atoms with E-state index in [9.17, 15) is 4.79 Å². The molecule has 1 unspecified atom stereocenters. The number of hydrogen-bond acceptors (Lipinski definition) is 4. The molecule has 0 saturated carbocycles. The number of amides is 1. The van der Waals surface area contributed by atoms with Gasteiger partial charge in [0.05, 0.1) is 13.2 Å². The van der Waals surface area contributed by atoms with Crippen LogP contribution in [-0.4, -0.2) is 63.4 Å². The summed E-state index contributed by atoms with van der Waals surface area (Å²) in [4.78, 5) is 13.7. The summed E-state index contributed by atoms with van der Waals surface area (Å²) in [6.45, 7) is 5.77. The SMILES string of the molecule is CCN(CC1CCCN1)C(=O)COCCOC. The number of likely N-dealkylation sites (N-methyl/N-ethyl adjacent to an activating group) is 1. The molecule has 0 aromatic carbocycles. The summed E-state index contributed by atoms with van der Waals surface area (Å²) in [7, 11) is 1.62. The zero-order valence-electron chi connectivity index (χ0n) is 10.9. The fourth-order valence-corrected chi connectivity index (χ4v) is 1.98. The Balaban J connectivity index is 2.20. The molecule has 1 fully saturated rings. The van der Waals surface area contributed by atoms with Crippen LogP contribution >= 0.6 is 0 Å². The standard InChI is InChI=1S/C12H24N2O3/c1-3-14(9-11-5-4-6-13-11)12(15)10-17-8-7-16-2/h11,13H,3-10H2,1-2H3. The van der Waals surface area contributed by atoms with Crippen molar-refractivity contribution >= 4 is 5.91 Å². The smallest absolute Gasteiger partial charge is 0.248 e. The lowest BCUT2D eigenvalue weighted by molar-refractivity contribution is -0.136. The van der Waals surface area contributed by atoms with Crippen LogP contribution in [0, 0.1) is 0 Å².